The Hall–Kier alpha value is -3.54. The molecule has 0 aliphatic rings. The van der Waals surface area contributed by atoms with E-state index >= 15 is 0 Å². The molecule has 1 aromatic heterocycles. The lowest BCUT2D eigenvalue weighted by Crippen LogP contribution is -2.14. The Bertz CT molecular complexity index is 1170. The molecule has 5 nitrogen and oxygen atoms in total. The summed E-state index contributed by atoms with van der Waals surface area (Å²) in [6.07, 6.45) is 0.971. The molecule has 1 heterocycles. The van der Waals surface area contributed by atoms with Gasteiger partial charge >= 0.3 is 0 Å². The highest BCUT2D eigenvalue weighted by Crippen LogP contribution is 2.23. The van der Waals surface area contributed by atoms with Crippen molar-refractivity contribution in [3.8, 4) is 5.69 Å². The number of benzene rings is 3. The molecule has 3 aromatic carbocycles. The van der Waals surface area contributed by atoms with E-state index in [0.29, 0.717) is 11.2 Å². The van der Waals surface area contributed by atoms with Crippen LogP contribution in [0.4, 0.5) is 10.1 Å². The van der Waals surface area contributed by atoms with Crippen LogP contribution in [0.2, 0.25) is 0 Å². The van der Waals surface area contributed by atoms with Gasteiger partial charge in [0, 0.05) is 5.69 Å². The van der Waals surface area contributed by atoms with E-state index in [1.807, 2.05) is 25.1 Å². The minimum absolute atomic E-state index is 0.00154. The van der Waals surface area contributed by atoms with Gasteiger partial charge < -0.3 is 5.32 Å². The maximum Gasteiger partial charge on any atom is 0.258 e. The quantitative estimate of drug-likeness (QED) is 0.564. The topological polar surface area (TPSA) is 59.8 Å². The lowest BCUT2D eigenvalue weighted by atomic mass is 10.1. The van der Waals surface area contributed by atoms with Crippen molar-refractivity contribution >= 4 is 22.6 Å². The molecule has 1 N–H and O–H groups in total. The van der Waals surface area contributed by atoms with Gasteiger partial charge in [-0.25, -0.2) is 4.39 Å². The van der Waals surface area contributed by atoms with Crippen LogP contribution < -0.4 is 5.32 Å². The van der Waals surface area contributed by atoms with Crippen LogP contribution in [0, 0.1) is 12.7 Å². The Morgan fingerprint density at radius 2 is 1.71 bits per heavy atom. The Labute approximate surface area is 161 Å². The standard InChI is InChI=1S/C22H19FN4O/c1-3-15-8-10-16(11-9-15)27-25-20-12-14(2)19(13-21(20)26-27)24-22(28)17-6-4-5-7-18(17)23/h4-13H,3H2,1-2H3,(H,24,28). The van der Waals surface area contributed by atoms with E-state index in [2.05, 4.69) is 34.6 Å². The number of halogens is 1. The SMILES string of the molecule is CCc1ccc(-n2nc3cc(C)c(NC(=O)c4ccccc4F)cc3n2)cc1. The first-order chi connectivity index (χ1) is 13.5. The van der Waals surface area contributed by atoms with Crippen molar-refractivity contribution in [3.05, 3.63) is 83.2 Å². The Balaban J connectivity index is 1.66. The number of aromatic nitrogens is 3. The number of rotatable bonds is 4. The van der Waals surface area contributed by atoms with Crippen molar-refractivity contribution in [2.45, 2.75) is 20.3 Å². The largest absolute Gasteiger partial charge is 0.322 e. The van der Waals surface area contributed by atoms with Crippen molar-refractivity contribution in [3.63, 3.8) is 0 Å². The molecule has 0 radical (unpaired) electrons. The van der Waals surface area contributed by atoms with E-state index in [9.17, 15) is 9.18 Å². The molecule has 0 bridgehead atoms. The zero-order valence-electron chi connectivity index (χ0n) is 15.6. The van der Waals surface area contributed by atoms with E-state index < -0.39 is 11.7 Å². The van der Waals surface area contributed by atoms with Gasteiger partial charge in [0.25, 0.3) is 5.91 Å². The average molecular weight is 374 g/mol. The molecule has 0 fully saturated rings. The molecule has 140 valence electrons. The second kappa shape index (κ2) is 7.23. The second-order valence-electron chi connectivity index (χ2n) is 6.60. The summed E-state index contributed by atoms with van der Waals surface area (Å²) in [5, 5.41) is 11.8. The fourth-order valence-electron chi connectivity index (χ4n) is 3.02. The number of fused-ring (bicyclic) bond motifs is 1. The number of nitrogens with zero attached hydrogens (tertiary/aromatic N) is 3. The first-order valence-corrected chi connectivity index (χ1v) is 9.08. The van der Waals surface area contributed by atoms with Crippen LogP contribution in [0.15, 0.2) is 60.7 Å². The van der Waals surface area contributed by atoms with E-state index in [1.54, 1.807) is 23.0 Å². The zero-order chi connectivity index (χ0) is 19.7. The Morgan fingerprint density at radius 1 is 1.04 bits per heavy atom. The summed E-state index contributed by atoms with van der Waals surface area (Å²) >= 11 is 0. The lowest BCUT2D eigenvalue weighted by molar-refractivity contribution is 0.102. The fraction of sp³-hybridized carbons (Fsp3) is 0.136. The molecule has 6 heteroatoms. The third-order valence-electron chi connectivity index (χ3n) is 4.67. The van der Waals surface area contributed by atoms with Gasteiger partial charge in [-0.3, -0.25) is 4.79 Å². The summed E-state index contributed by atoms with van der Waals surface area (Å²) in [4.78, 5) is 14.0. The van der Waals surface area contributed by atoms with E-state index in [4.69, 9.17) is 0 Å². The molecule has 0 atom stereocenters. The fourth-order valence-corrected chi connectivity index (χ4v) is 3.02. The summed E-state index contributed by atoms with van der Waals surface area (Å²) in [6.45, 7) is 3.97. The number of amides is 1. The minimum atomic E-state index is -0.555. The number of carbonyl (C=O) groups excluding carboxylic acids is 1. The van der Waals surface area contributed by atoms with Crippen LogP contribution in [-0.2, 0) is 6.42 Å². The van der Waals surface area contributed by atoms with Crippen molar-refractivity contribution in [1.29, 1.82) is 0 Å². The highest BCUT2D eigenvalue weighted by atomic mass is 19.1. The molecule has 28 heavy (non-hydrogen) atoms. The van der Waals surface area contributed by atoms with E-state index in [-0.39, 0.29) is 5.56 Å². The average Bonchev–Trinajstić information content (AvgIpc) is 3.11. The predicted octanol–water partition coefficient (Wildman–Crippen LogP) is 4.68. The van der Waals surface area contributed by atoms with Crippen molar-refractivity contribution in [1.82, 2.24) is 15.0 Å². The molecule has 1 amide bonds. The molecule has 4 rings (SSSR count). The Morgan fingerprint density at radius 3 is 2.39 bits per heavy atom. The molecular formula is C22H19FN4O. The van der Waals surface area contributed by atoms with Crippen molar-refractivity contribution in [2.75, 3.05) is 5.32 Å². The van der Waals surface area contributed by atoms with Gasteiger partial charge in [-0.15, -0.1) is 10.2 Å². The smallest absolute Gasteiger partial charge is 0.258 e. The molecule has 0 saturated heterocycles. The number of nitrogens with one attached hydrogen (secondary N) is 1. The third kappa shape index (κ3) is 3.36. The normalized spacial score (nSPS) is 11.0. The van der Waals surface area contributed by atoms with Crippen LogP contribution in [0.1, 0.15) is 28.4 Å². The first-order valence-electron chi connectivity index (χ1n) is 9.08. The van der Waals surface area contributed by atoms with Gasteiger partial charge in [-0.2, -0.15) is 4.80 Å². The van der Waals surface area contributed by atoms with Crippen LogP contribution in [0.25, 0.3) is 16.7 Å². The second-order valence-corrected chi connectivity index (χ2v) is 6.60. The van der Waals surface area contributed by atoms with Crippen molar-refractivity contribution in [2.24, 2.45) is 0 Å². The van der Waals surface area contributed by atoms with E-state index in [0.717, 1.165) is 23.2 Å². The van der Waals surface area contributed by atoms with Gasteiger partial charge in [-0.05, 0) is 60.9 Å². The molecule has 4 aromatic rings. The summed E-state index contributed by atoms with van der Waals surface area (Å²) < 4.78 is 13.9. The summed E-state index contributed by atoms with van der Waals surface area (Å²) in [7, 11) is 0. The maximum atomic E-state index is 13.9. The molecule has 0 aliphatic heterocycles. The van der Waals surface area contributed by atoms with Gasteiger partial charge in [0.1, 0.15) is 16.9 Å². The molecular weight excluding hydrogens is 355 g/mol. The Kier molecular flexibility index (Phi) is 4.61. The van der Waals surface area contributed by atoms with Gasteiger partial charge in [0.2, 0.25) is 0 Å². The molecule has 0 spiro atoms. The molecule has 0 saturated carbocycles. The zero-order valence-corrected chi connectivity index (χ0v) is 15.6. The van der Waals surface area contributed by atoms with Gasteiger partial charge in [0.15, 0.2) is 0 Å². The van der Waals surface area contributed by atoms with E-state index in [1.165, 1.54) is 17.7 Å². The third-order valence-corrected chi connectivity index (χ3v) is 4.67. The minimum Gasteiger partial charge on any atom is -0.322 e. The monoisotopic (exact) mass is 374 g/mol. The highest BCUT2D eigenvalue weighted by Gasteiger charge is 2.14. The highest BCUT2D eigenvalue weighted by molar-refractivity contribution is 6.05. The van der Waals surface area contributed by atoms with Crippen molar-refractivity contribution < 1.29 is 9.18 Å². The molecule has 0 aliphatic carbocycles. The first kappa shape index (κ1) is 17.9. The van der Waals surface area contributed by atoms with Crippen LogP contribution >= 0.6 is 0 Å². The van der Waals surface area contributed by atoms with Crippen LogP contribution in [-0.4, -0.2) is 20.9 Å². The number of hydrogen-bond donors (Lipinski definition) is 1. The molecule has 0 unspecified atom stereocenters. The van der Waals surface area contributed by atoms with Crippen LogP contribution in [0.5, 0.6) is 0 Å². The van der Waals surface area contributed by atoms with Crippen LogP contribution in [0.3, 0.4) is 0 Å². The number of aryl methyl sites for hydroxylation is 2. The van der Waals surface area contributed by atoms with Gasteiger partial charge in [0.05, 0.1) is 11.3 Å². The lowest BCUT2D eigenvalue weighted by Gasteiger charge is -2.08. The maximum absolute atomic E-state index is 13.9. The summed E-state index contributed by atoms with van der Waals surface area (Å²) in [5.41, 5.74) is 4.88. The summed E-state index contributed by atoms with van der Waals surface area (Å²) in [6, 6.07) is 17.6. The number of anilines is 1. The predicted molar refractivity (Wildman–Crippen MR) is 107 cm³/mol. The van der Waals surface area contributed by atoms with Gasteiger partial charge in [-0.1, -0.05) is 31.2 Å². The number of carbonyl (C=O) groups is 1. The summed E-state index contributed by atoms with van der Waals surface area (Å²) in [5.74, 6) is -1.05. The number of hydrogen-bond acceptors (Lipinski definition) is 3.